The normalized spacial score (nSPS) is 10.5. The van der Waals surface area contributed by atoms with Crippen LogP contribution >= 0.6 is 0 Å². The minimum atomic E-state index is -4.85. The second-order valence-electron chi connectivity index (χ2n) is 26.2. The van der Waals surface area contributed by atoms with Gasteiger partial charge in [-0.15, -0.1) is 143 Å². The number of phenolic OH excluding ortho intramolecular Hbond substituents is 8. The van der Waals surface area contributed by atoms with Gasteiger partial charge in [-0.1, -0.05) is 127 Å². The summed E-state index contributed by atoms with van der Waals surface area (Å²) >= 11 is 0. The molecule has 136 heavy (non-hydrogen) atoms. The first-order valence-electron chi connectivity index (χ1n) is 37.8. The monoisotopic (exact) mass is 1880 g/mol. The molecule has 0 bridgehead atoms. The van der Waals surface area contributed by atoms with Crippen molar-refractivity contribution in [3.8, 4) is 195 Å². The number of nitrogens with two attached hydrogens (primary N) is 1. The van der Waals surface area contributed by atoms with E-state index in [1.54, 1.807) is 36.7 Å². The van der Waals surface area contributed by atoms with E-state index in [2.05, 4.69) is 163 Å². The molecule has 0 amide bonds. The summed E-state index contributed by atoms with van der Waals surface area (Å²) in [5.74, 6) is -1.96. The molecule has 0 radical (unpaired) electrons. The fraction of sp³-hybridized carbons (Fsp3) is 0.0120. The number of nitrogens with zero attached hydrogens (tertiary/aromatic N) is 32. The van der Waals surface area contributed by atoms with Crippen LogP contribution in [0.2, 0.25) is 0 Å². The number of pyridine rings is 4. The van der Waals surface area contributed by atoms with Crippen LogP contribution in [-0.4, -0.2) is 240 Å². The van der Waals surface area contributed by atoms with Crippen molar-refractivity contribution < 1.29 is 136 Å². The fourth-order valence-corrected chi connectivity index (χ4v) is 11.8. The summed E-state index contributed by atoms with van der Waals surface area (Å²) in [6, 6.07) is 64.2. The Kier molecular flexibility index (Phi) is 34.7. The van der Waals surface area contributed by atoms with Gasteiger partial charge in [0.25, 0.3) is 0 Å². The van der Waals surface area contributed by atoms with Gasteiger partial charge in [0.2, 0.25) is 69.9 Å². The van der Waals surface area contributed by atoms with Crippen LogP contribution in [0.5, 0.6) is 57.5 Å². The van der Waals surface area contributed by atoms with Crippen LogP contribution in [0.3, 0.4) is 0 Å². The Bertz CT molecular complexity index is 6800. The van der Waals surface area contributed by atoms with Crippen LogP contribution in [0, 0.1) is 0 Å². The third-order valence-electron chi connectivity index (χ3n) is 17.1. The predicted molar refractivity (Wildman–Crippen MR) is 460 cm³/mol. The maximum atomic E-state index is 11.0. The maximum absolute atomic E-state index is 11.0. The van der Waals surface area contributed by atoms with Gasteiger partial charge in [0.15, 0.2) is 47.2 Å². The number of aromatic nitrogens is 32. The smallest absolute Gasteiger partial charge is 0.744 e. The minimum absolute atomic E-state index is 0. The Hall–Kier alpha value is -17.3. The number of benzene rings is 8. The summed E-state index contributed by atoms with van der Waals surface area (Å²) in [6.07, 6.45) is 8.53. The van der Waals surface area contributed by atoms with E-state index in [9.17, 15) is 66.8 Å². The standard InChI is InChI=1S/C14H10N4O8S2.C14H10N4O6.C14H10N4.C12H8N6O2.C12H8N6.C9H9N5.C8H6N4.2Na/c19-9-5-7(1-3-11(9)27(21,22)23)13-15-17-14(18-16-13)8-2-4-12(10(20)6-8)28(24,25)26;19-7-1-5(2-8(20)11(7)23)13-15-17-14(18-16-13)6-3-9(21)12(24)10(22)4-6;1-3-7-11(8-4-1)13-15-17-14(18-16-13)12-9-5-2-6-10-12;19-7-1-3-9(13-5-7)11-15-17-12(18-16-11)10-4-2-8(20)6-14-10;1-3-7-13-9(5-1)11-15-17-12(18-16-11)10-6-2-4-8-14-10;10-5-7-1-3-8(4-2-7)9-13-11-6-12-14-9;1-2-4-7(5-3-1)8-11-9-6-10-12-8;;/h1-6,19-20H,(H,21,22,23)(H,24,25,26);1-4,19-24H;1-10H;1-6,19-20H;1-8H;1-4,6H,5,10H2;1-6H;;/q;;;;;;;2*+1/p-2. The van der Waals surface area contributed by atoms with Crippen molar-refractivity contribution in [2.75, 3.05) is 0 Å². The SMILES string of the molecule is NCc1ccc(-c2nncnn2)cc1.O=S(=O)([O-])c1ccc(-c2nnc(-c3ccc(S(=O)(=O)[O-])c(O)c3)nn2)cc1O.Oc1cc(-c2nnc(-c3cc(O)c(O)c(O)c3)nn2)cc(O)c1O.Oc1ccc(-c2nnc(-c3ccc(O)cn3)nn2)nc1.[Na+].[Na+].c1ccc(-c2nnc(-c3ccccc3)nn2)cc1.c1ccc(-c2nnc(-c3ccccn3)nn2)nc1.c1ccc(-c2nncnn2)cc1. The molecule has 0 unspecified atom stereocenters. The fourth-order valence-electron chi connectivity index (χ4n) is 10.7. The molecular formula is C83H59N33Na2O16S2. The van der Waals surface area contributed by atoms with Crippen molar-refractivity contribution in [1.82, 2.24) is 163 Å². The number of hydrogen-bond acceptors (Lipinski definition) is 49. The predicted octanol–water partition coefficient (Wildman–Crippen LogP) is 0.781. The molecule has 12 N–H and O–H groups in total. The van der Waals surface area contributed by atoms with Crippen LogP contribution in [0.15, 0.2) is 284 Å². The number of hydrogen-bond donors (Lipinski definition) is 11. The summed E-state index contributed by atoms with van der Waals surface area (Å²) in [6.45, 7) is 0.534. The van der Waals surface area contributed by atoms with Gasteiger partial charge in [0, 0.05) is 63.4 Å². The molecule has 8 aromatic carbocycles. The maximum Gasteiger partial charge on any atom is 1.00 e. The Morgan fingerprint density at radius 2 is 0.485 bits per heavy atom. The molecule has 0 aliphatic heterocycles. The molecule has 0 spiro atoms. The molecule has 0 saturated carbocycles. The van der Waals surface area contributed by atoms with E-state index in [0.717, 1.165) is 76.3 Å². The van der Waals surface area contributed by atoms with E-state index >= 15 is 0 Å². The molecule has 53 heteroatoms. The molecule has 666 valence electrons. The van der Waals surface area contributed by atoms with Crippen molar-refractivity contribution in [2.24, 2.45) is 5.73 Å². The Morgan fingerprint density at radius 3 is 0.743 bits per heavy atom. The zero-order chi connectivity index (χ0) is 94.5. The first kappa shape index (κ1) is 99.3. The number of aromatic hydroxyl groups is 10. The molecular weight excluding hydrogens is 1830 g/mol. The van der Waals surface area contributed by atoms with Gasteiger partial charge in [-0.05, 0) is 115 Å². The van der Waals surface area contributed by atoms with Crippen LogP contribution in [0.25, 0.3) is 137 Å². The van der Waals surface area contributed by atoms with E-state index in [4.69, 9.17) is 15.9 Å². The first-order valence-corrected chi connectivity index (χ1v) is 40.7. The van der Waals surface area contributed by atoms with Gasteiger partial charge in [-0.3, -0.25) is 9.97 Å². The van der Waals surface area contributed by atoms with Gasteiger partial charge in [-0.2, -0.15) is 0 Å². The summed E-state index contributed by atoms with van der Waals surface area (Å²) in [4.78, 5) is 14.6. The zero-order valence-electron chi connectivity index (χ0n) is 69.8. The van der Waals surface area contributed by atoms with Crippen molar-refractivity contribution >= 4 is 20.2 Å². The van der Waals surface area contributed by atoms with E-state index in [0.29, 0.717) is 64.3 Å². The second kappa shape index (κ2) is 47.5. The summed E-state index contributed by atoms with van der Waals surface area (Å²) in [5, 5.41) is 202. The van der Waals surface area contributed by atoms with Crippen molar-refractivity contribution in [3.05, 3.63) is 280 Å². The van der Waals surface area contributed by atoms with Gasteiger partial charge in [-0.25, -0.2) is 26.8 Å². The van der Waals surface area contributed by atoms with Crippen molar-refractivity contribution in [1.29, 1.82) is 0 Å². The van der Waals surface area contributed by atoms with E-state index in [1.165, 1.54) is 49.3 Å². The molecule has 49 nitrogen and oxygen atoms in total. The van der Waals surface area contributed by atoms with E-state index in [-0.39, 0.29) is 128 Å². The molecule has 19 aromatic rings. The summed E-state index contributed by atoms with van der Waals surface area (Å²) < 4.78 is 65.8. The van der Waals surface area contributed by atoms with E-state index in [1.807, 2.05) is 140 Å². The van der Waals surface area contributed by atoms with Crippen LogP contribution in [0.4, 0.5) is 0 Å². The molecule has 0 atom stereocenters. The summed E-state index contributed by atoms with van der Waals surface area (Å²) in [7, 11) is -9.71. The average Bonchev–Trinajstić information content (AvgIpc) is 0.741. The Balaban J connectivity index is 0.000000154. The summed E-state index contributed by atoms with van der Waals surface area (Å²) in [5.41, 5.74) is 12.9. The molecule has 11 heterocycles. The molecule has 0 aliphatic rings. The Labute approximate surface area is 809 Å². The quantitative estimate of drug-likeness (QED) is 0.0384. The molecule has 11 aromatic heterocycles. The van der Waals surface area contributed by atoms with E-state index < -0.39 is 76.0 Å². The van der Waals surface area contributed by atoms with Gasteiger partial charge in [0.1, 0.15) is 66.0 Å². The molecule has 0 saturated heterocycles. The van der Waals surface area contributed by atoms with Gasteiger partial charge in [0.05, 0.1) is 22.2 Å². The topological polar surface area (TPSA) is 755 Å². The van der Waals surface area contributed by atoms with Crippen LogP contribution in [0.1, 0.15) is 5.56 Å². The first-order chi connectivity index (χ1) is 64.8. The molecule has 0 aliphatic carbocycles. The van der Waals surface area contributed by atoms with Gasteiger partial charge < -0.3 is 65.9 Å². The Morgan fingerprint density at radius 1 is 0.243 bits per heavy atom. The molecule has 19 rings (SSSR count). The van der Waals surface area contributed by atoms with Crippen LogP contribution in [-0.2, 0) is 26.8 Å². The number of phenols is 8. The van der Waals surface area contributed by atoms with Crippen molar-refractivity contribution in [3.63, 3.8) is 0 Å². The second-order valence-corrected chi connectivity index (χ2v) is 28.9. The third-order valence-corrected chi connectivity index (χ3v) is 18.9. The number of rotatable bonds is 15. The zero-order valence-corrected chi connectivity index (χ0v) is 75.4. The largest absolute Gasteiger partial charge is 1.00 e. The van der Waals surface area contributed by atoms with Crippen LogP contribution < -0.4 is 64.8 Å². The molecule has 0 fully saturated rings. The minimum Gasteiger partial charge on any atom is -0.744 e. The van der Waals surface area contributed by atoms with Gasteiger partial charge >= 0.3 is 59.1 Å². The average molecular weight is 1880 g/mol. The third kappa shape index (κ3) is 27.4. The van der Waals surface area contributed by atoms with Crippen molar-refractivity contribution in [2.45, 2.75) is 16.3 Å².